The van der Waals surface area contributed by atoms with E-state index in [4.69, 9.17) is 4.52 Å². The Morgan fingerprint density at radius 3 is 3.10 bits per heavy atom. The van der Waals surface area contributed by atoms with E-state index in [-0.39, 0.29) is 6.10 Å². The minimum absolute atomic E-state index is 0.272. The van der Waals surface area contributed by atoms with Crippen LogP contribution in [0.5, 0.6) is 0 Å². The standard InChI is InChI=1S/C15H18BrN3O2/c1-10-5-6-19(8-13(10)20)9-14-17-15(18-21-14)11-3-2-4-12(16)7-11/h2-4,7,10,13,20H,5-6,8-9H2,1H3. The number of β-amino-alcohol motifs (C(OH)–C–C–N with tert-alkyl or cyclic N) is 1. The van der Waals surface area contributed by atoms with Gasteiger partial charge in [0.1, 0.15) is 0 Å². The number of aliphatic hydroxyl groups excluding tert-OH is 1. The highest BCUT2D eigenvalue weighted by molar-refractivity contribution is 9.10. The molecule has 2 atom stereocenters. The van der Waals surface area contributed by atoms with E-state index in [2.05, 4.69) is 37.9 Å². The minimum atomic E-state index is -0.272. The Morgan fingerprint density at radius 1 is 1.48 bits per heavy atom. The fraction of sp³-hybridized carbons (Fsp3) is 0.467. The molecule has 5 nitrogen and oxygen atoms in total. The maximum Gasteiger partial charge on any atom is 0.241 e. The summed E-state index contributed by atoms with van der Waals surface area (Å²) in [6, 6.07) is 7.81. The molecule has 1 fully saturated rings. The van der Waals surface area contributed by atoms with Gasteiger partial charge in [0, 0.05) is 16.6 Å². The lowest BCUT2D eigenvalue weighted by atomic mass is 9.96. The van der Waals surface area contributed by atoms with Crippen LogP contribution in [0.3, 0.4) is 0 Å². The topological polar surface area (TPSA) is 62.4 Å². The number of aliphatic hydroxyl groups is 1. The van der Waals surface area contributed by atoms with Crippen molar-refractivity contribution in [3.63, 3.8) is 0 Å². The molecule has 21 heavy (non-hydrogen) atoms. The van der Waals surface area contributed by atoms with E-state index in [0.717, 1.165) is 23.0 Å². The van der Waals surface area contributed by atoms with Crippen LogP contribution in [0.15, 0.2) is 33.3 Å². The van der Waals surface area contributed by atoms with Gasteiger partial charge in [0.25, 0.3) is 0 Å². The number of likely N-dealkylation sites (tertiary alicyclic amines) is 1. The van der Waals surface area contributed by atoms with E-state index in [9.17, 15) is 5.11 Å². The van der Waals surface area contributed by atoms with E-state index in [1.807, 2.05) is 24.3 Å². The van der Waals surface area contributed by atoms with Crippen molar-refractivity contribution in [2.45, 2.75) is 26.0 Å². The Labute approximate surface area is 132 Å². The fourth-order valence-electron chi connectivity index (χ4n) is 2.51. The summed E-state index contributed by atoms with van der Waals surface area (Å²) < 4.78 is 6.31. The Balaban J connectivity index is 1.68. The molecule has 1 aliphatic heterocycles. The average molecular weight is 352 g/mol. The van der Waals surface area contributed by atoms with Crippen molar-refractivity contribution in [2.24, 2.45) is 5.92 Å². The summed E-state index contributed by atoms with van der Waals surface area (Å²) >= 11 is 3.44. The largest absolute Gasteiger partial charge is 0.392 e. The number of hydrogen-bond acceptors (Lipinski definition) is 5. The number of rotatable bonds is 3. The van der Waals surface area contributed by atoms with Crippen molar-refractivity contribution < 1.29 is 9.63 Å². The highest BCUT2D eigenvalue weighted by Gasteiger charge is 2.25. The lowest BCUT2D eigenvalue weighted by molar-refractivity contribution is 0.0220. The summed E-state index contributed by atoms with van der Waals surface area (Å²) in [6.07, 6.45) is 0.722. The smallest absolute Gasteiger partial charge is 0.241 e. The van der Waals surface area contributed by atoms with Crippen molar-refractivity contribution in [1.82, 2.24) is 15.0 Å². The third kappa shape index (κ3) is 3.51. The second-order valence-electron chi connectivity index (χ2n) is 5.59. The molecule has 1 aromatic heterocycles. The molecule has 112 valence electrons. The summed E-state index contributed by atoms with van der Waals surface area (Å²) in [4.78, 5) is 6.59. The molecule has 0 aliphatic carbocycles. The summed E-state index contributed by atoms with van der Waals surface area (Å²) in [7, 11) is 0. The number of piperidine rings is 1. The molecule has 2 heterocycles. The van der Waals surface area contributed by atoms with Crippen LogP contribution in [0.1, 0.15) is 19.2 Å². The molecule has 1 N–H and O–H groups in total. The van der Waals surface area contributed by atoms with Crippen molar-refractivity contribution in [2.75, 3.05) is 13.1 Å². The lowest BCUT2D eigenvalue weighted by Gasteiger charge is -2.33. The SMILES string of the molecule is CC1CCN(Cc2nc(-c3cccc(Br)c3)no2)CC1O. The maximum absolute atomic E-state index is 9.93. The van der Waals surface area contributed by atoms with Gasteiger partial charge in [-0.05, 0) is 31.0 Å². The molecule has 3 rings (SSSR count). The number of benzene rings is 1. The first-order valence-electron chi connectivity index (χ1n) is 7.11. The van der Waals surface area contributed by atoms with Gasteiger partial charge in [-0.3, -0.25) is 4.90 Å². The van der Waals surface area contributed by atoms with E-state index in [1.54, 1.807) is 0 Å². The highest BCUT2D eigenvalue weighted by Crippen LogP contribution is 2.22. The van der Waals surface area contributed by atoms with Gasteiger partial charge in [0.15, 0.2) is 0 Å². The van der Waals surface area contributed by atoms with Crippen molar-refractivity contribution >= 4 is 15.9 Å². The zero-order chi connectivity index (χ0) is 14.8. The quantitative estimate of drug-likeness (QED) is 0.920. The Bertz CT molecular complexity index is 616. The Hall–Kier alpha value is -1.24. The zero-order valence-corrected chi connectivity index (χ0v) is 13.5. The fourth-order valence-corrected chi connectivity index (χ4v) is 2.91. The summed E-state index contributed by atoms with van der Waals surface area (Å²) in [5, 5.41) is 14.0. The van der Waals surface area contributed by atoms with Crippen LogP contribution in [0.2, 0.25) is 0 Å². The molecule has 2 unspecified atom stereocenters. The van der Waals surface area contributed by atoms with Crippen molar-refractivity contribution in [3.05, 3.63) is 34.6 Å². The normalized spacial score (nSPS) is 23.4. The molecular weight excluding hydrogens is 334 g/mol. The molecule has 0 radical (unpaired) electrons. The molecule has 6 heteroatoms. The van der Waals surface area contributed by atoms with Gasteiger partial charge in [-0.2, -0.15) is 4.98 Å². The number of hydrogen-bond donors (Lipinski definition) is 1. The van der Waals surface area contributed by atoms with Crippen LogP contribution in [-0.2, 0) is 6.54 Å². The summed E-state index contributed by atoms with van der Waals surface area (Å²) in [5.41, 5.74) is 0.923. The van der Waals surface area contributed by atoms with Crippen LogP contribution >= 0.6 is 15.9 Å². The van der Waals surface area contributed by atoms with Crippen LogP contribution in [0.4, 0.5) is 0 Å². The van der Waals surface area contributed by atoms with Crippen LogP contribution in [-0.4, -0.2) is 39.3 Å². The third-order valence-electron chi connectivity index (χ3n) is 3.91. The molecule has 0 bridgehead atoms. The van der Waals surface area contributed by atoms with Gasteiger partial charge in [0.2, 0.25) is 11.7 Å². The number of nitrogens with zero attached hydrogens (tertiary/aromatic N) is 3. The zero-order valence-electron chi connectivity index (χ0n) is 11.9. The molecule has 1 aliphatic rings. The van der Waals surface area contributed by atoms with Gasteiger partial charge >= 0.3 is 0 Å². The lowest BCUT2D eigenvalue weighted by Crippen LogP contribution is -2.42. The van der Waals surface area contributed by atoms with Gasteiger partial charge in [-0.15, -0.1) is 0 Å². The molecule has 1 saturated heterocycles. The molecule has 0 saturated carbocycles. The van der Waals surface area contributed by atoms with E-state index in [1.165, 1.54) is 0 Å². The summed E-state index contributed by atoms with van der Waals surface area (Å²) in [6.45, 7) is 4.29. The van der Waals surface area contributed by atoms with Crippen molar-refractivity contribution in [3.8, 4) is 11.4 Å². The van der Waals surface area contributed by atoms with Crippen molar-refractivity contribution in [1.29, 1.82) is 0 Å². The molecule has 0 amide bonds. The monoisotopic (exact) mass is 351 g/mol. The first kappa shape index (κ1) is 14.7. The Kier molecular flexibility index (Phi) is 4.37. The highest BCUT2D eigenvalue weighted by atomic mass is 79.9. The maximum atomic E-state index is 9.93. The second-order valence-corrected chi connectivity index (χ2v) is 6.51. The molecular formula is C15H18BrN3O2. The molecule has 0 spiro atoms. The van der Waals surface area contributed by atoms with E-state index >= 15 is 0 Å². The average Bonchev–Trinajstić information content (AvgIpc) is 2.91. The van der Waals surface area contributed by atoms with E-state index in [0.29, 0.717) is 30.7 Å². The van der Waals surface area contributed by atoms with Gasteiger partial charge in [-0.1, -0.05) is 40.1 Å². The predicted molar refractivity (Wildman–Crippen MR) is 82.5 cm³/mol. The minimum Gasteiger partial charge on any atom is -0.392 e. The predicted octanol–water partition coefficient (Wildman–Crippen LogP) is 2.70. The van der Waals surface area contributed by atoms with Gasteiger partial charge in [0.05, 0.1) is 12.6 Å². The first-order valence-corrected chi connectivity index (χ1v) is 7.90. The van der Waals surface area contributed by atoms with Crippen LogP contribution < -0.4 is 0 Å². The first-order chi connectivity index (χ1) is 10.1. The van der Waals surface area contributed by atoms with Gasteiger partial charge < -0.3 is 9.63 Å². The summed E-state index contributed by atoms with van der Waals surface area (Å²) in [5.74, 6) is 1.55. The molecule has 1 aromatic carbocycles. The van der Waals surface area contributed by atoms with Crippen LogP contribution in [0.25, 0.3) is 11.4 Å². The number of halogens is 1. The molecule has 2 aromatic rings. The number of aromatic nitrogens is 2. The van der Waals surface area contributed by atoms with E-state index < -0.39 is 0 Å². The van der Waals surface area contributed by atoms with Crippen LogP contribution in [0, 0.1) is 5.92 Å². The second kappa shape index (κ2) is 6.25. The van der Waals surface area contributed by atoms with Gasteiger partial charge in [-0.25, -0.2) is 0 Å². The Morgan fingerprint density at radius 2 is 2.33 bits per heavy atom. The third-order valence-corrected chi connectivity index (χ3v) is 4.41.